The Bertz CT molecular complexity index is 424. The summed E-state index contributed by atoms with van der Waals surface area (Å²) in [5.41, 5.74) is 5.41. The molecule has 0 aliphatic carbocycles. The van der Waals surface area contributed by atoms with E-state index in [-0.39, 0.29) is 26.3 Å². The van der Waals surface area contributed by atoms with E-state index in [0.717, 1.165) is 6.07 Å². The lowest BCUT2D eigenvalue weighted by atomic mass is 10.3. The Labute approximate surface area is 107 Å². The lowest BCUT2D eigenvalue weighted by molar-refractivity contribution is 0.568. The number of hydrogen-bond donors (Lipinski definition) is 1. The number of hydrogen-bond acceptors (Lipinski definition) is 1. The van der Waals surface area contributed by atoms with E-state index in [1.807, 2.05) is 0 Å². The van der Waals surface area contributed by atoms with Crippen molar-refractivity contribution in [1.82, 2.24) is 0 Å². The van der Waals surface area contributed by atoms with E-state index < -0.39 is 11.6 Å². The minimum Gasteiger partial charge on any atom is -0.386 e. The fourth-order valence-corrected chi connectivity index (χ4v) is 1.87. The number of aliphatic imine (C=N–C) groups is 1. The minimum absolute atomic E-state index is 0.00819. The standard InChI is InChI=1S/C8H5Br2ClF2N2/c9-6-3(12)1-4(7(10)8(6)13)15-5(14)2-11/h1H,2H2,(H2,14,15). The molecule has 2 N–H and O–H groups in total. The van der Waals surface area contributed by atoms with Crippen molar-refractivity contribution in [2.45, 2.75) is 0 Å². The molecule has 1 aromatic carbocycles. The van der Waals surface area contributed by atoms with Crippen LogP contribution in [-0.2, 0) is 0 Å². The van der Waals surface area contributed by atoms with Gasteiger partial charge in [-0.15, -0.1) is 11.6 Å². The minimum atomic E-state index is -0.767. The van der Waals surface area contributed by atoms with Gasteiger partial charge in [0.2, 0.25) is 0 Å². The van der Waals surface area contributed by atoms with Crippen molar-refractivity contribution >= 4 is 55.0 Å². The largest absolute Gasteiger partial charge is 0.386 e. The third-order valence-electron chi connectivity index (χ3n) is 1.48. The van der Waals surface area contributed by atoms with Crippen LogP contribution in [-0.4, -0.2) is 11.7 Å². The van der Waals surface area contributed by atoms with Crippen LogP contribution in [0.2, 0.25) is 0 Å². The number of nitrogens with two attached hydrogens (primary N) is 1. The summed E-state index contributed by atoms with van der Waals surface area (Å²) in [6, 6.07) is 1.05. The van der Waals surface area contributed by atoms with Crippen molar-refractivity contribution in [3.05, 3.63) is 26.6 Å². The normalized spacial score (nSPS) is 11.9. The number of nitrogens with zero attached hydrogens (tertiary/aromatic N) is 1. The van der Waals surface area contributed by atoms with E-state index in [1.54, 1.807) is 0 Å². The Kier molecular flexibility index (Phi) is 4.48. The first-order valence-corrected chi connectivity index (χ1v) is 5.81. The van der Waals surface area contributed by atoms with Crippen LogP contribution in [0.5, 0.6) is 0 Å². The van der Waals surface area contributed by atoms with E-state index in [2.05, 4.69) is 36.9 Å². The number of rotatable bonds is 2. The van der Waals surface area contributed by atoms with Crippen molar-refractivity contribution < 1.29 is 8.78 Å². The van der Waals surface area contributed by atoms with Gasteiger partial charge in [0.15, 0.2) is 5.82 Å². The summed E-state index contributed by atoms with van der Waals surface area (Å²) in [4.78, 5) is 3.75. The first-order valence-electron chi connectivity index (χ1n) is 3.69. The average molecular weight is 362 g/mol. The Morgan fingerprint density at radius 3 is 2.53 bits per heavy atom. The van der Waals surface area contributed by atoms with Gasteiger partial charge in [0.05, 0.1) is 20.5 Å². The molecule has 0 spiro atoms. The highest BCUT2D eigenvalue weighted by atomic mass is 79.9. The molecule has 0 amide bonds. The smallest absolute Gasteiger partial charge is 0.156 e. The number of halogens is 5. The summed E-state index contributed by atoms with van der Waals surface area (Å²) in [5, 5.41) is 0. The van der Waals surface area contributed by atoms with Crippen LogP contribution in [0.15, 0.2) is 20.0 Å². The molecule has 15 heavy (non-hydrogen) atoms. The second-order valence-electron chi connectivity index (χ2n) is 2.56. The predicted molar refractivity (Wildman–Crippen MR) is 63.8 cm³/mol. The Morgan fingerprint density at radius 2 is 2.00 bits per heavy atom. The molecule has 1 rings (SSSR count). The zero-order chi connectivity index (χ0) is 11.6. The summed E-state index contributed by atoms with van der Waals surface area (Å²) < 4.78 is 26.2. The Hall–Kier alpha value is -0.200. The molecule has 0 aliphatic heterocycles. The second-order valence-corrected chi connectivity index (χ2v) is 4.41. The van der Waals surface area contributed by atoms with Crippen LogP contribution in [0.1, 0.15) is 0 Å². The molecule has 0 aromatic heterocycles. The first kappa shape index (κ1) is 12.9. The zero-order valence-electron chi connectivity index (χ0n) is 7.20. The number of amidine groups is 1. The van der Waals surface area contributed by atoms with E-state index in [4.69, 9.17) is 17.3 Å². The summed E-state index contributed by atoms with van der Waals surface area (Å²) in [7, 11) is 0. The van der Waals surface area contributed by atoms with Crippen molar-refractivity contribution in [2.24, 2.45) is 10.7 Å². The molecule has 1 aromatic rings. The average Bonchev–Trinajstić information content (AvgIpc) is 2.22. The molecule has 0 radical (unpaired) electrons. The molecule has 0 unspecified atom stereocenters. The molecule has 0 heterocycles. The molecule has 7 heteroatoms. The van der Waals surface area contributed by atoms with Crippen LogP contribution in [0.25, 0.3) is 0 Å². The maximum Gasteiger partial charge on any atom is 0.156 e. The fraction of sp³-hybridized carbons (Fsp3) is 0.125. The van der Waals surface area contributed by atoms with Gasteiger partial charge in [-0.2, -0.15) is 0 Å². The Balaban J connectivity index is 3.33. The van der Waals surface area contributed by atoms with E-state index in [0.29, 0.717) is 0 Å². The maximum absolute atomic E-state index is 13.3. The van der Waals surface area contributed by atoms with Gasteiger partial charge in [0.25, 0.3) is 0 Å². The van der Waals surface area contributed by atoms with Crippen molar-refractivity contribution in [1.29, 1.82) is 0 Å². The summed E-state index contributed by atoms with van der Waals surface area (Å²) in [6.45, 7) is 0. The van der Waals surface area contributed by atoms with Crippen LogP contribution in [0, 0.1) is 11.6 Å². The molecule has 82 valence electrons. The summed E-state index contributed by atoms with van der Waals surface area (Å²) in [5.74, 6) is -1.45. The van der Waals surface area contributed by atoms with Crippen LogP contribution in [0.4, 0.5) is 14.5 Å². The molecule has 0 saturated carbocycles. The molecular weight excluding hydrogens is 357 g/mol. The topological polar surface area (TPSA) is 38.4 Å². The number of alkyl halides is 1. The molecule has 0 atom stereocenters. The Morgan fingerprint density at radius 1 is 1.40 bits per heavy atom. The fourth-order valence-electron chi connectivity index (χ4n) is 0.826. The third-order valence-corrected chi connectivity index (χ3v) is 3.24. The van der Waals surface area contributed by atoms with E-state index in [9.17, 15) is 8.78 Å². The third kappa shape index (κ3) is 2.89. The zero-order valence-corrected chi connectivity index (χ0v) is 11.1. The van der Waals surface area contributed by atoms with Gasteiger partial charge in [-0.05, 0) is 31.9 Å². The van der Waals surface area contributed by atoms with E-state index in [1.165, 1.54) is 0 Å². The lowest BCUT2D eigenvalue weighted by Crippen LogP contribution is -2.12. The van der Waals surface area contributed by atoms with Crippen molar-refractivity contribution in [2.75, 3.05) is 5.88 Å². The van der Waals surface area contributed by atoms with Gasteiger partial charge < -0.3 is 5.73 Å². The van der Waals surface area contributed by atoms with Gasteiger partial charge in [-0.25, -0.2) is 13.8 Å². The van der Waals surface area contributed by atoms with Crippen LogP contribution >= 0.6 is 43.5 Å². The molecule has 0 bridgehead atoms. The summed E-state index contributed by atoms with van der Waals surface area (Å²) in [6.07, 6.45) is 0. The van der Waals surface area contributed by atoms with Crippen molar-refractivity contribution in [3.8, 4) is 0 Å². The molecular formula is C8H5Br2ClF2N2. The molecule has 0 saturated heterocycles. The number of benzene rings is 1. The van der Waals surface area contributed by atoms with Gasteiger partial charge in [0.1, 0.15) is 11.7 Å². The highest BCUT2D eigenvalue weighted by molar-refractivity contribution is 9.11. The highest BCUT2D eigenvalue weighted by Crippen LogP contribution is 2.34. The van der Waals surface area contributed by atoms with Gasteiger partial charge in [-0.3, -0.25) is 0 Å². The van der Waals surface area contributed by atoms with Gasteiger partial charge in [-0.1, -0.05) is 0 Å². The van der Waals surface area contributed by atoms with E-state index >= 15 is 0 Å². The van der Waals surface area contributed by atoms with Gasteiger partial charge >= 0.3 is 0 Å². The second kappa shape index (κ2) is 5.23. The summed E-state index contributed by atoms with van der Waals surface area (Å²) >= 11 is 11.1. The van der Waals surface area contributed by atoms with Crippen LogP contribution in [0.3, 0.4) is 0 Å². The van der Waals surface area contributed by atoms with Gasteiger partial charge in [0, 0.05) is 6.07 Å². The molecule has 0 aliphatic rings. The monoisotopic (exact) mass is 360 g/mol. The molecule has 0 fully saturated rings. The predicted octanol–water partition coefficient (Wildman–Crippen LogP) is 3.72. The molecule has 2 nitrogen and oxygen atoms in total. The highest BCUT2D eigenvalue weighted by Gasteiger charge is 2.14. The lowest BCUT2D eigenvalue weighted by Gasteiger charge is -2.04. The SMILES string of the molecule is NC(CCl)=Nc1cc(F)c(Br)c(F)c1Br. The first-order chi connectivity index (χ1) is 6.97. The van der Waals surface area contributed by atoms with Crippen LogP contribution < -0.4 is 5.73 Å². The quantitative estimate of drug-likeness (QED) is 0.281. The van der Waals surface area contributed by atoms with Crippen molar-refractivity contribution in [3.63, 3.8) is 0 Å². The maximum atomic E-state index is 13.3.